The van der Waals surface area contributed by atoms with Gasteiger partial charge in [0.15, 0.2) is 0 Å². The maximum absolute atomic E-state index is 4.96. The molecule has 0 saturated carbocycles. The molecule has 1 aromatic carbocycles. The van der Waals surface area contributed by atoms with Crippen molar-refractivity contribution in [1.82, 2.24) is 5.43 Å². The van der Waals surface area contributed by atoms with Gasteiger partial charge in [0.2, 0.25) is 0 Å². The molecule has 0 spiro atoms. The molecule has 0 radical (unpaired) electrons. The molecular formula is C11H18N2. The molecule has 0 aliphatic heterocycles. The molecule has 2 bridgehead atoms. The van der Waals surface area contributed by atoms with Crippen molar-refractivity contribution in [1.29, 1.82) is 0 Å². The highest BCUT2D eigenvalue weighted by Crippen LogP contribution is 2.18. The summed E-state index contributed by atoms with van der Waals surface area (Å²) in [5.74, 6) is 4.96. The average Bonchev–Trinajstić information content (AvgIpc) is 2.16. The maximum atomic E-state index is 4.96. The minimum Gasteiger partial charge on any atom is -0.271 e. The van der Waals surface area contributed by atoms with Gasteiger partial charge in [0.25, 0.3) is 0 Å². The molecule has 0 fully saturated rings. The van der Waals surface area contributed by atoms with Crippen LogP contribution in [0.4, 0.5) is 0 Å². The van der Waals surface area contributed by atoms with Crippen LogP contribution in [0.25, 0.3) is 0 Å². The van der Waals surface area contributed by atoms with Crippen LogP contribution < -0.4 is 11.3 Å². The Morgan fingerprint density at radius 2 is 2.00 bits per heavy atom. The van der Waals surface area contributed by atoms with Crippen LogP contribution >= 0.6 is 0 Å². The van der Waals surface area contributed by atoms with Crippen molar-refractivity contribution in [3.63, 3.8) is 0 Å². The lowest BCUT2D eigenvalue weighted by Gasteiger charge is -2.11. The van der Waals surface area contributed by atoms with Gasteiger partial charge in [-0.15, -0.1) is 0 Å². The summed E-state index contributed by atoms with van der Waals surface area (Å²) in [7, 11) is 0. The van der Waals surface area contributed by atoms with Crippen molar-refractivity contribution in [2.75, 3.05) is 6.54 Å². The molecule has 0 aromatic heterocycles. The summed E-state index contributed by atoms with van der Waals surface area (Å²) in [6.45, 7) is 3.08. The fourth-order valence-electron chi connectivity index (χ4n) is 1.23. The van der Waals surface area contributed by atoms with Crippen molar-refractivity contribution in [2.45, 2.75) is 26.2 Å². The number of hydrazine groups is 1. The molecule has 0 atom stereocenters. The Labute approximate surface area is 80.1 Å². The second kappa shape index (κ2) is 5.73. The SMILES string of the molecule is CCCCNN.c1cc2cc(c1)C2. The number of hydrogen-bond donors (Lipinski definition) is 2. The Kier molecular flexibility index (Phi) is 4.50. The van der Waals surface area contributed by atoms with Gasteiger partial charge in [-0.05, 0) is 24.0 Å². The third kappa shape index (κ3) is 3.57. The number of benzene rings is 1. The molecule has 0 amide bonds. The Hall–Kier alpha value is -0.860. The predicted octanol–water partition coefficient (Wildman–Crippen LogP) is 1.84. The number of nitrogens with two attached hydrogens (primary N) is 1. The van der Waals surface area contributed by atoms with Crippen molar-refractivity contribution >= 4 is 0 Å². The van der Waals surface area contributed by atoms with Crippen LogP contribution in [0, 0.1) is 0 Å². The molecule has 2 aliphatic rings. The van der Waals surface area contributed by atoms with Crippen molar-refractivity contribution in [3.05, 3.63) is 35.4 Å². The first-order valence-corrected chi connectivity index (χ1v) is 4.88. The summed E-state index contributed by atoms with van der Waals surface area (Å²) in [5.41, 5.74) is 5.54. The van der Waals surface area contributed by atoms with Gasteiger partial charge in [-0.25, -0.2) is 0 Å². The Balaban J connectivity index is 0.000000133. The average molecular weight is 178 g/mol. The third-order valence-electron chi connectivity index (χ3n) is 2.07. The summed E-state index contributed by atoms with van der Waals surface area (Å²) in [6, 6.07) is 8.65. The first-order chi connectivity index (χ1) is 6.36. The zero-order valence-corrected chi connectivity index (χ0v) is 8.22. The van der Waals surface area contributed by atoms with Gasteiger partial charge in [-0.2, -0.15) is 0 Å². The van der Waals surface area contributed by atoms with E-state index in [4.69, 9.17) is 5.84 Å². The van der Waals surface area contributed by atoms with E-state index in [1.54, 1.807) is 0 Å². The van der Waals surface area contributed by atoms with Gasteiger partial charge in [-0.1, -0.05) is 37.6 Å². The van der Waals surface area contributed by atoms with E-state index in [-0.39, 0.29) is 0 Å². The summed E-state index contributed by atoms with van der Waals surface area (Å²) < 4.78 is 0. The van der Waals surface area contributed by atoms with E-state index in [2.05, 4.69) is 36.6 Å². The number of unbranched alkanes of at least 4 members (excludes halogenated alkanes) is 1. The summed E-state index contributed by atoms with van der Waals surface area (Å²) in [5, 5.41) is 0. The summed E-state index contributed by atoms with van der Waals surface area (Å²) in [4.78, 5) is 0. The third-order valence-corrected chi connectivity index (χ3v) is 2.07. The molecule has 0 unspecified atom stereocenters. The first kappa shape index (κ1) is 10.2. The monoisotopic (exact) mass is 178 g/mol. The molecule has 2 nitrogen and oxygen atoms in total. The van der Waals surface area contributed by atoms with Crippen LogP contribution in [-0.2, 0) is 6.42 Å². The lowest BCUT2D eigenvalue weighted by Crippen LogP contribution is -2.22. The van der Waals surface area contributed by atoms with E-state index in [1.807, 2.05) is 0 Å². The largest absolute Gasteiger partial charge is 0.271 e. The van der Waals surface area contributed by atoms with E-state index in [0.29, 0.717) is 0 Å². The maximum Gasteiger partial charge on any atom is 0.00973 e. The lowest BCUT2D eigenvalue weighted by atomic mass is 9.94. The first-order valence-electron chi connectivity index (χ1n) is 4.88. The van der Waals surface area contributed by atoms with Crippen molar-refractivity contribution in [3.8, 4) is 0 Å². The zero-order chi connectivity index (χ0) is 9.52. The Bertz CT molecular complexity index is 217. The Morgan fingerprint density at radius 3 is 2.15 bits per heavy atom. The van der Waals surface area contributed by atoms with Crippen LogP contribution in [0.2, 0.25) is 0 Å². The summed E-state index contributed by atoms with van der Waals surface area (Å²) >= 11 is 0. The van der Waals surface area contributed by atoms with Crippen LogP contribution in [-0.4, -0.2) is 6.54 Å². The van der Waals surface area contributed by atoms with E-state index >= 15 is 0 Å². The smallest absolute Gasteiger partial charge is 0.00973 e. The minimum absolute atomic E-state index is 0.941. The molecular weight excluding hydrogens is 160 g/mol. The van der Waals surface area contributed by atoms with Gasteiger partial charge in [0, 0.05) is 6.54 Å². The number of hydrogen-bond acceptors (Lipinski definition) is 2. The highest BCUT2D eigenvalue weighted by Gasteiger charge is 2.04. The van der Waals surface area contributed by atoms with Gasteiger partial charge >= 0.3 is 0 Å². The molecule has 0 saturated heterocycles. The standard InChI is InChI=1S/C7H6.C4H12N2/c1-2-6-4-7(3-1)5-6;1-2-3-4-6-5/h1-4H,5H2;6H,2-5H2,1H3. The van der Waals surface area contributed by atoms with Crippen molar-refractivity contribution in [2.24, 2.45) is 5.84 Å². The molecule has 0 heterocycles. The van der Waals surface area contributed by atoms with Crippen LogP contribution in [0.1, 0.15) is 30.9 Å². The lowest BCUT2D eigenvalue weighted by molar-refractivity contribution is 0.669. The molecule has 72 valence electrons. The van der Waals surface area contributed by atoms with Gasteiger partial charge in [0.1, 0.15) is 0 Å². The molecule has 3 N–H and O–H groups in total. The van der Waals surface area contributed by atoms with Crippen molar-refractivity contribution < 1.29 is 0 Å². The second-order valence-corrected chi connectivity index (χ2v) is 3.30. The topological polar surface area (TPSA) is 38.0 Å². The molecule has 2 heteroatoms. The normalized spacial score (nSPS) is 11.2. The predicted molar refractivity (Wildman–Crippen MR) is 56.3 cm³/mol. The van der Waals surface area contributed by atoms with E-state index < -0.39 is 0 Å². The van der Waals surface area contributed by atoms with E-state index in [1.165, 1.54) is 30.4 Å². The van der Waals surface area contributed by atoms with Gasteiger partial charge < -0.3 is 0 Å². The van der Waals surface area contributed by atoms with E-state index in [9.17, 15) is 0 Å². The quantitative estimate of drug-likeness (QED) is 0.427. The minimum atomic E-state index is 0.941. The van der Waals surface area contributed by atoms with Crippen LogP contribution in [0.15, 0.2) is 24.3 Å². The second-order valence-electron chi connectivity index (χ2n) is 3.30. The fourth-order valence-corrected chi connectivity index (χ4v) is 1.23. The number of nitrogens with one attached hydrogen (secondary N) is 1. The number of rotatable bonds is 3. The number of fused-ring (bicyclic) bond motifs is 2. The van der Waals surface area contributed by atoms with Gasteiger partial charge in [-0.3, -0.25) is 11.3 Å². The zero-order valence-electron chi connectivity index (χ0n) is 8.22. The molecule has 1 aromatic rings. The molecule has 2 aliphatic carbocycles. The molecule has 13 heavy (non-hydrogen) atoms. The summed E-state index contributed by atoms with van der Waals surface area (Å²) in [6.07, 6.45) is 3.61. The Morgan fingerprint density at radius 1 is 1.38 bits per heavy atom. The molecule has 3 rings (SSSR count). The van der Waals surface area contributed by atoms with Crippen LogP contribution in [0.3, 0.4) is 0 Å². The van der Waals surface area contributed by atoms with Gasteiger partial charge in [0.05, 0.1) is 0 Å². The van der Waals surface area contributed by atoms with E-state index in [0.717, 1.165) is 6.54 Å². The fraction of sp³-hybridized carbons (Fsp3) is 0.455. The highest BCUT2D eigenvalue weighted by molar-refractivity contribution is 5.37. The highest BCUT2D eigenvalue weighted by atomic mass is 15.2. The van der Waals surface area contributed by atoms with Crippen LogP contribution in [0.5, 0.6) is 0 Å².